The fraction of sp³-hybridized carbons (Fsp3) is 0.250. The van der Waals surface area contributed by atoms with Crippen molar-refractivity contribution in [3.8, 4) is 17.1 Å². The fourth-order valence-corrected chi connectivity index (χ4v) is 4.28. The monoisotopic (exact) mass is 432 g/mol. The molecular weight excluding hydrogens is 415 g/mol. The lowest BCUT2D eigenvalue weighted by Crippen LogP contribution is -2.30. The first-order valence-electron chi connectivity index (χ1n) is 8.89. The van der Waals surface area contributed by atoms with E-state index in [0.717, 1.165) is 24.1 Å². The number of carbonyl (C=O) groups is 1. The minimum Gasteiger partial charge on any atom is -0.342 e. The first-order valence-corrected chi connectivity index (χ1v) is 10.6. The van der Waals surface area contributed by atoms with Gasteiger partial charge in [-0.05, 0) is 43.2 Å². The number of thioether (sulfide) groups is 1. The zero-order valence-corrected chi connectivity index (χ0v) is 17.5. The lowest BCUT2D eigenvalue weighted by Gasteiger charge is -2.16. The summed E-state index contributed by atoms with van der Waals surface area (Å²) in [7, 11) is 1.86. The number of aromatic nitrogens is 3. The second kappa shape index (κ2) is 8.15. The van der Waals surface area contributed by atoms with Crippen LogP contribution in [0.15, 0.2) is 53.7 Å². The van der Waals surface area contributed by atoms with Crippen LogP contribution in [0.3, 0.4) is 0 Å². The van der Waals surface area contributed by atoms with E-state index in [1.165, 1.54) is 11.8 Å². The first-order chi connectivity index (χ1) is 13.5. The quantitative estimate of drug-likeness (QED) is 0.516. The minimum atomic E-state index is 0.0983. The predicted octanol–water partition coefficient (Wildman–Crippen LogP) is 4.95. The molecule has 0 radical (unpaired) electrons. The molecule has 28 heavy (non-hydrogen) atoms. The van der Waals surface area contributed by atoms with Gasteiger partial charge in [-0.3, -0.25) is 9.36 Å². The van der Waals surface area contributed by atoms with Crippen molar-refractivity contribution in [1.29, 1.82) is 0 Å². The number of nitrogens with zero attached hydrogens (tertiary/aromatic N) is 4. The molecule has 1 aliphatic carbocycles. The average molecular weight is 433 g/mol. The fourth-order valence-electron chi connectivity index (χ4n) is 2.91. The van der Waals surface area contributed by atoms with Crippen LogP contribution < -0.4 is 0 Å². The van der Waals surface area contributed by atoms with E-state index < -0.39 is 0 Å². The molecule has 1 heterocycles. The third-order valence-corrected chi connectivity index (χ3v) is 6.09. The van der Waals surface area contributed by atoms with E-state index in [2.05, 4.69) is 10.2 Å². The molecule has 2 aromatic carbocycles. The Balaban J connectivity index is 1.68. The summed E-state index contributed by atoms with van der Waals surface area (Å²) in [4.78, 5) is 14.3. The summed E-state index contributed by atoms with van der Waals surface area (Å²) in [5.41, 5.74) is 1.63. The van der Waals surface area contributed by atoms with E-state index in [0.29, 0.717) is 32.8 Å². The molecule has 5 nitrogen and oxygen atoms in total. The molecule has 1 saturated carbocycles. The molecule has 8 heteroatoms. The highest BCUT2D eigenvalue weighted by Gasteiger charge is 2.29. The van der Waals surface area contributed by atoms with Crippen LogP contribution >= 0.6 is 35.0 Å². The smallest absolute Gasteiger partial charge is 0.233 e. The Morgan fingerprint density at radius 3 is 2.61 bits per heavy atom. The number of hydrogen-bond donors (Lipinski definition) is 0. The normalized spacial score (nSPS) is 13.5. The summed E-state index contributed by atoms with van der Waals surface area (Å²) < 4.78 is 1.92. The SMILES string of the molecule is CN(C(=O)CSc1nnc(-c2ccc(Cl)cc2Cl)n1-c1ccccc1)C1CC1. The summed E-state index contributed by atoms with van der Waals surface area (Å²) in [5.74, 6) is 1.02. The Kier molecular flexibility index (Phi) is 5.62. The van der Waals surface area contributed by atoms with Gasteiger partial charge in [0.1, 0.15) is 0 Å². The third-order valence-electron chi connectivity index (χ3n) is 4.63. The first kappa shape index (κ1) is 19.3. The number of para-hydroxylation sites is 1. The highest BCUT2D eigenvalue weighted by molar-refractivity contribution is 7.99. The summed E-state index contributed by atoms with van der Waals surface area (Å²) in [6, 6.07) is 15.5. The van der Waals surface area contributed by atoms with Gasteiger partial charge in [0.05, 0.1) is 10.8 Å². The zero-order chi connectivity index (χ0) is 19.7. The molecule has 1 aliphatic rings. The maximum atomic E-state index is 12.4. The Morgan fingerprint density at radius 2 is 1.93 bits per heavy atom. The lowest BCUT2D eigenvalue weighted by molar-refractivity contribution is -0.127. The number of amides is 1. The van der Waals surface area contributed by atoms with Crippen molar-refractivity contribution in [1.82, 2.24) is 19.7 Å². The van der Waals surface area contributed by atoms with Gasteiger partial charge in [-0.15, -0.1) is 10.2 Å². The molecule has 144 valence electrons. The Labute approximate surface area is 177 Å². The van der Waals surface area contributed by atoms with Gasteiger partial charge in [0, 0.05) is 29.4 Å². The van der Waals surface area contributed by atoms with Crippen LogP contribution in [0.2, 0.25) is 10.0 Å². The lowest BCUT2D eigenvalue weighted by atomic mass is 10.2. The highest BCUT2D eigenvalue weighted by Crippen LogP contribution is 2.34. The van der Waals surface area contributed by atoms with Gasteiger partial charge < -0.3 is 4.90 Å². The Hall–Kier alpha value is -2.02. The summed E-state index contributed by atoms with van der Waals surface area (Å²) in [6.07, 6.45) is 2.18. The largest absolute Gasteiger partial charge is 0.342 e. The number of halogens is 2. The van der Waals surface area contributed by atoms with Crippen LogP contribution in [0, 0.1) is 0 Å². The maximum absolute atomic E-state index is 12.4. The van der Waals surface area contributed by atoms with Gasteiger partial charge in [0.15, 0.2) is 11.0 Å². The van der Waals surface area contributed by atoms with E-state index in [9.17, 15) is 4.79 Å². The summed E-state index contributed by atoms with van der Waals surface area (Å²) >= 11 is 13.8. The number of benzene rings is 2. The van der Waals surface area contributed by atoms with E-state index in [-0.39, 0.29) is 5.91 Å². The average Bonchev–Trinajstić information content (AvgIpc) is 3.46. The second-order valence-corrected chi connectivity index (χ2v) is 8.41. The van der Waals surface area contributed by atoms with E-state index in [1.807, 2.05) is 52.9 Å². The van der Waals surface area contributed by atoms with Crippen molar-refractivity contribution in [2.24, 2.45) is 0 Å². The third kappa shape index (κ3) is 4.04. The van der Waals surface area contributed by atoms with Gasteiger partial charge in [-0.2, -0.15) is 0 Å². The van der Waals surface area contributed by atoms with E-state index in [1.54, 1.807) is 12.1 Å². The second-order valence-electron chi connectivity index (χ2n) is 6.63. The highest BCUT2D eigenvalue weighted by atomic mass is 35.5. The molecule has 0 unspecified atom stereocenters. The zero-order valence-electron chi connectivity index (χ0n) is 15.2. The Morgan fingerprint density at radius 1 is 1.18 bits per heavy atom. The molecule has 0 aliphatic heterocycles. The minimum absolute atomic E-state index is 0.0983. The van der Waals surface area contributed by atoms with E-state index in [4.69, 9.17) is 23.2 Å². The Bertz CT molecular complexity index is 1000. The standard InChI is InChI=1S/C20H18Cl2N4OS/c1-25(14-8-9-14)18(27)12-28-20-24-23-19(16-10-7-13(21)11-17(16)22)26(20)15-5-3-2-4-6-15/h2-7,10-11,14H,8-9,12H2,1H3. The van der Waals surface area contributed by atoms with Gasteiger partial charge in [-0.1, -0.05) is 53.2 Å². The van der Waals surface area contributed by atoms with Crippen LogP contribution in [0.1, 0.15) is 12.8 Å². The van der Waals surface area contributed by atoms with Crippen LogP contribution in [0.4, 0.5) is 0 Å². The van der Waals surface area contributed by atoms with Gasteiger partial charge in [0.2, 0.25) is 5.91 Å². The van der Waals surface area contributed by atoms with Crippen molar-refractivity contribution >= 4 is 40.9 Å². The van der Waals surface area contributed by atoms with Crippen molar-refractivity contribution in [2.45, 2.75) is 24.0 Å². The van der Waals surface area contributed by atoms with Crippen molar-refractivity contribution < 1.29 is 4.79 Å². The molecule has 0 bridgehead atoms. The van der Waals surface area contributed by atoms with Gasteiger partial charge in [-0.25, -0.2) is 0 Å². The molecule has 1 aromatic heterocycles. The molecular formula is C20H18Cl2N4OS. The number of carbonyl (C=O) groups excluding carboxylic acids is 1. The van der Waals surface area contributed by atoms with Crippen molar-refractivity contribution in [3.63, 3.8) is 0 Å². The molecule has 0 N–H and O–H groups in total. The van der Waals surface area contributed by atoms with E-state index >= 15 is 0 Å². The number of rotatable bonds is 6. The predicted molar refractivity (Wildman–Crippen MR) is 113 cm³/mol. The van der Waals surface area contributed by atoms with Crippen LogP contribution in [-0.2, 0) is 4.79 Å². The number of hydrogen-bond acceptors (Lipinski definition) is 4. The molecule has 0 atom stereocenters. The molecule has 1 fully saturated rings. The van der Waals surface area contributed by atoms with Crippen LogP contribution in [0.5, 0.6) is 0 Å². The van der Waals surface area contributed by atoms with Crippen LogP contribution in [0.25, 0.3) is 17.1 Å². The van der Waals surface area contributed by atoms with Crippen molar-refractivity contribution in [3.05, 3.63) is 58.6 Å². The van der Waals surface area contributed by atoms with Crippen molar-refractivity contribution in [2.75, 3.05) is 12.8 Å². The van der Waals surface area contributed by atoms with Gasteiger partial charge in [0.25, 0.3) is 0 Å². The molecule has 0 spiro atoms. The molecule has 0 saturated heterocycles. The topological polar surface area (TPSA) is 51.0 Å². The summed E-state index contributed by atoms with van der Waals surface area (Å²) in [5, 5.41) is 10.4. The maximum Gasteiger partial charge on any atom is 0.233 e. The summed E-state index contributed by atoms with van der Waals surface area (Å²) in [6.45, 7) is 0. The van der Waals surface area contributed by atoms with Crippen LogP contribution in [-0.4, -0.2) is 44.4 Å². The molecule has 4 rings (SSSR count). The molecule has 3 aromatic rings. The molecule has 1 amide bonds. The van der Waals surface area contributed by atoms with Gasteiger partial charge >= 0.3 is 0 Å².